The van der Waals surface area contributed by atoms with E-state index in [9.17, 15) is 0 Å². The Morgan fingerprint density at radius 3 is 3.36 bits per heavy atom. The molecule has 58 valence electrons. The number of thiocarbonyl (C=S) groups is 1. The van der Waals surface area contributed by atoms with Gasteiger partial charge in [-0.1, -0.05) is 19.1 Å². The fourth-order valence-corrected chi connectivity index (χ4v) is 0.855. The second kappa shape index (κ2) is 3.44. The van der Waals surface area contributed by atoms with Gasteiger partial charge in [0.05, 0.1) is 0 Å². The van der Waals surface area contributed by atoms with E-state index >= 15 is 0 Å². The van der Waals surface area contributed by atoms with Crippen LogP contribution in [-0.2, 0) is 6.42 Å². The van der Waals surface area contributed by atoms with Gasteiger partial charge < -0.3 is 5.73 Å². The number of aryl methyl sites for hydroxylation is 1. The van der Waals surface area contributed by atoms with Crippen molar-refractivity contribution >= 4 is 17.2 Å². The summed E-state index contributed by atoms with van der Waals surface area (Å²) in [5.41, 5.74) is 6.54. The van der Waals surface area contributed by atoms with Crippen LogP contribution < -0.4 is 5.73 Å². The second-order valence-electron chi connectivity index (χ2n) is 2.08. The van der Waals surface area contributed by atoms with Crippen molar-refractivity contribution in [3.05, 3.63) is 29.6 Å². The molecule has 0 aliphatic carbocycles. The second-order valence-corrected chi connectivity index (χ2v) is 2.52. The minimum atomic E-state index is -2.01. The molecule has 1 heterocycles. The smallest absolute Gasteiger partial charge is 0.104 e. The van der Waals surface area contributed by atoms with Gasteiger partial charge in [0.15, 0.2) is 0 Å². The normalized spacial score (nSPS) is 14.7. The van der Waals surface area contributed by atoms with Crippen LogP contribution in [0.25, 0.3) is 0 Å². The summed E-state index contributed by atoms with van der Waals surface area (Å²) in [6.07, 6.45) is 1.44. The molecule has 0 spiro atoms. The van der Waals surface area contributed by atoms with Gasteiger partial charge in [0.2, 0.25) is 0 Å². The van der Waals surface area contributed by atoms with E-state index in [-0.39, 0.29) is 11.4 Å². The Labute approximate surface area is 75.7 Å². The van der Waals surface area contributed by atoms with Crippen molar-refractivity contribution in [3.8, 4) is 0 Å². The summed E-state index contributed by atoms with van der Waals surface area (Å²) in [4.78, 5) is 4.18. The Morgan fingerprint density at radius 2 is 2.73 bits per heavy atom. The Balaban J connectivity index is 2.89. The standard InChI is InChI=1S/C8H10N2S/c1-2-7-5-6(8(9)11)3-4-10-7/h3-5H,2H2,1H3,(H2,9,11)/i1D3. The maximum Gasteiger partial charge on any atom is 0.104 e. The van der Waals surface area contributed by atoms with Crippen molar-refractivity contribution in [1.82, 2.24) is 4.98 Å². The summed E-state index contributed by atoms with van der Waals surface area (Å²) in [6, 6.07) is 3.26. The van der Waals surface area contributed by atoms with Crippen molar-refractivity contribution in [3.63, 3.8) is 0 Å². The third-order valence-corrected chi connectivity index (χ3v) is 1.52. The SMILES string of the molecule is [2H]C([2H])([2H])Cc1cc(C(N)=S)ccn1. The molecule has 0 unspecified atom stereocenters. The molecule has 0 aromatic carbocycles. The zero-order valence-corrected chi connectivity index (χ0v) is 6.69. The first kappa shape index (κ1) is 4.83. The van der Waals surface area contributed by atoms with E-state index in [2.05, 4.69) is 4.98 Å². The number of hydrogen-bond acceptors (Lipinski definition) is 2. The van der Waals surface area contributed by atoms with Crippen LogP contribution in [0.3, 0.4) is 0 Å². The van der Waals surface area contributed by atoms with Gasteiger partial charge in [-0.2, -0.15) is 0 Å². The molecule has 0 aliphatic heterocycles. The van der Waals surface area contributed by atoms with Crippen LogP contribution in [-0.4, -0.2) is 9.97 Å². The molecule has 0 atom stereocenters. The summed E-state index contributed by atoms with van der Waals surface area (Å²) in [5.74, 6) is 0. The molecule has 3 heteroatoms. The highest BCUT2D eigenvalue weighted by molar-refractivity contribution is 7.80. The maximum atomic E-state index is 7.08. The Kier molecular flexibility index (Phi) is 1.51. The van der Waals surface area contributed by atoms with Gasteiger partial charge in [0, 0.05) is 21.6 Å². The zero-order valence-electron chi connectivity index (χ0n) is 8.87. The largest absolute Gasteiger partial charge is 0.389 e. The topological polar surface area (TPSA) is 38.9 Å². The van der Waals surface area contributed by atoms with Crippen LogP contribution in [0.15, 0.2) is 18.3 Å². The Bertz CT molecular complexity index is 349. The summed E-state index contributed by atoms with van der Waals surface area (Å²) < 4.78 is 21.2. The van der Waals surface area contributed by atoms with Crippen LogP contribution in [0.2, 0.25) is 0 Å². The van der Waals surface area contributed by atoms with Crippen molar-refractivity contribution in [2.24, 2.45) is 5.73 Å². The Hall–Kier alpha value is -0.960. The number of nitrogens with zero attached hydrogens (tertiary/aromatic N) is 1. The quantitative estimate of drug-likeness (QED) is 0.678. The highest BCUT2D eigenvalue weighted by Gasteiger charge is 1.96. The fourth-order valence-electron chi connectivity index (χ4n) is 0.728. The maximum absolute atomic E-state index is 7.08. The average Bonchev–Trinajstić information content (AvgIpc) is 2.01. The highest BCUT2D eigenvalue weighted by Crippen LogP contribution is 2.01. The van der Waals surface area contributed by atoms with Gasteiger partial charge in [-0.3, -0.25) is 4.98 Å². The van der Waals surface area contributed by atoms with Crippen LogP contribution in [0, 0.1) is 0 Å². The molecular weight excluding hydrogens is 156 g/mol. The molecule has 1 aromatic rings. The van der Waals surface area contributed by atoms with E-state index in [1.54, 1.807) is 12.1 Å². The minimum absolute atomic E-state index is 0.0660. The van der Waals surface area contributed by atoms with E-state index < -0.39 is 6.85 Å². The molecule has 0 fully saturated rings. The van der Waals surface area contributed by atoms with Crippen LogP contribution in [0.5, 0.6) is 0 Å². The number of aromatic nitrogens is 1. The van der Waals surface area contributed by atoms with E-state index in [0.717, 1.165) is 0 Å². The number of nitrogens with two attached hydrogens (primary N) is 1. The van der Waals surface area contributed by atoms with Crippen LogP contribution >= 0.6 is 12.2 Å². The van der Waals surface area contributed by atoms with E-state index in [4.69, 9.17) is 22.1 Å². The molecule has 2 N–H and O–H groups in total. The first-order valence-electron chi connectivity index (χ1n) is 4.63. The van der Waals surface area contributed by atoms with Crippen molar-refractivity contribution in [2.45, 2.75) is 13.3 Å². The highest BCUT2D eigenvalue weighted by atomic mass is 32.1. The van der Waals surface area contributed by atoms with Gasteiger partial charge in [-0.25, -0.2) is 0 Å². The molecule has 11 heavy (non-hydrogen) atoms. The first-order chi connectivity index (χ1) is 6.38. The lowest BCUT2D eigenvalue weighted by Crippen LogP contribution is -2.09. The summed E-state index contributed by atoms with van der Waals surface area (Å²) in [6.45, 7) is -2.01. The molecule has 0 aliphatic rings. The van der Waals surface area contributed by atoms with E-state index in [1.807, 2.05) is 0 Å². The van der Waals surface area contributed by atoms with Crippen molar-refractivity contribution < 1.29 is 4.11 Å². The van der Waals surface area contributed by atoms with Gasteiger partial charge in [-0.05, 0) is 18.6 Å². The molecule has 1 aromatic heterocycles. The lowest BCUT2D eigenvalue weighted by atomic mass is 10.2. The average molecular weight is 169 g/mol. The first-order valence-corrected chi connectivity index (χ1v) is 3.54. The monoisotopic (exact) mass is 169 g/mol. The predicted octanol–water partition coefficient (Wildman–Crippen LogP) is 1.28. The van der Waals surface area contributed by atoms with Gasteiger partial charge in [0.25, 0.3) is 0 Å². The van der Waals surface area contributed by atoms with Crippen molar-refractivity contribution in [2.75, 3.05) is 0 Å². The third-order valence-electron chi connectivity index (χ3n) is 1.28. The lowest BCUT2D eigenvalue weighted by Gasteiger charge is -1.99. The number of hydrogen-bond donors (Lipinski definition) is 1. The Morgan fingerprint density at radius 1 is 1.91 bits per heavy atom. The molecular formula is C8H10N2S. The molecule has 2 nitrogen and oxygen atoms in total. The van der Waals surface area contributed by atoms with Crippen LogP contribution in [0.4, 0.5) is 0 Å². The van der Waals surface area contributed by atoms with Gasteiger partial charge in [0.1, 0.15) is 4.99 Å². The minimum Gasteiger partial charge on any atom is -0.389 e. The molecule has 0 bridgehead atoms. The van der Waals surface area contributed by atoms with Crippen molar-refractivity contribution in [1.29, 1.82) is 0 Å². The number of pyridine rings is 1. The van der Waals surface area contributed by atoms with E-state index in [1.165, 1.54) is 6.20 Å². The molecule has 0 saturated heterocycles. The van der Waals surface area contributed by atoms with E-state index in [0.29, 0.717) is 11.3 Å². The van der Waals surface area contributed by atoms with Crippen LogP contribution in [0.1, 0.15) is 22.2 Å². The molecule has 0 radical (unpaired) electrons. The zero-order chi connectivity index (χ0) is 10.8. The summed E-state index contributed by atoms with van der Waals surface area (Å²) >= 11 is 4.77. The van der Waals surface area contributed by atoms with Gasteiger partial charge >= 0.3 is 0 Å². The lowest BCUT2D eigenvalue weighted by molar-refractivity contribution is 1.03. The molecule has 0 saturated carbocycles. The summed E-state index contributed by atoms with van der Waals surface area (Å²) in [5, 5.41) is 0. The summed E-state index contributed by atoms with van der Waals surface area (Å²) in [7, 11) is 0. The number of rotatable bonds is 2. The predicted molar refractivity (Wildman–Crippen MR) is 49.5 cm³/mol. The molecule has 0 amide bonds. The van der Waals surface area contributed by atoms with Gasteiger partial charge in [-0.15, -0.1) is 0 Å². The fraction of sp³-hybridized carbons (Fsp3) is 0.250. The molecule has 1 rings (SSSR count). The third kappa shape index (κ3) is 1.98.